The summed E-state index contributed by atoms with van der Waals surface area (Å²) in [6.45, 7) is 8.35. The van der Waals surface area contributed by atoms with E-state index >= 15 is 0 Å². The van der Waals surface area contributed by atoms with Crippen molar-refractivity contribution in [2.75, 3.05) is 19.4 Å². The van der Waals surface area contributed by atoms with Gasteiger partial charge in [-0.05, 0) is 91.4 Å². The van der Waals surface area contributed by atoms with Gasteiger partial charge in [0.05, 0.1) is 24.2 Å². The van der Waals surface area contributed by atoms with Crippen molar-refractivity contribution >= 4 is 33.1 Å². The van der Waals surface area contributed by atoms with Crippen LogP contribution >= 0.6 is 0 Å². The van der Waals surface area contributed by atoms with Crippen molar-refractivity contribution in [3.63, 3.8) is 0 Å². The number of halogens is 1. The number of rotatable bonds is 6. The Labute approximate surface area is 189 Å². The first kappa shape index (κ1) is 23.7. The van der Waals surface area contributed by atoms with E-state index in [0.717, 1.165) is 33.4 Å². The predicted octanol–water partition coefficient (Wildman–Crippen LogP) is 5.37. The molecule has 2 aromatic carbocycles. The first-order valence-electron chi connectivity index (χ1n) is 10.5. The highest BCUT2D eigenvalue weighted by Gasteiger charge is 2.24. The third kappa shape index (κ3) is 5.46. The molecule has 0 atom stereocenters. The molecule has 0 aromatic heterocycles. The molecule has 3 rings (SSSR count). The summed E-state index contributed by atoms with van der Waals surface area (Å²) in [6.07, 6.45) is 3.30. The number of ether oxygens (including phenoxy) is 2. The van der Waals surface area contributed by atoms with Gasteiger partial charge in [-0.1, -0.05) is 18.2 Å². The van der Waals surface area contributed by atoms with Crippen LogP contribution in [0.2, 0.25) is 0 Å². The molecule has 0 N–H and O–H groups in total. The molecule has 0 fully saturated rings. The van der Waals surface area contributed by atoms with E-state index in [2.05, 4.69) is 4.99 Å². The van der Waals surface area contributed by atoms with Crippen molar-refractivity contribution < 1.29 is 22.3 Å². The van der Waals surface area contributed by atoms with Gasteiger partial charge in [0.15, 0.2) is 9.84 Å². The van der Waals surface area contributed by atoms with Gasteiger partial charge in [0, 0.05) is 6.26 Å². The summed E-state index contributed by atoms with van der Waals surface area (Å²) in [4.78, 5) is 4.76. The molecule has 7 heteroatoms. The molecule has 0 saturated carbocycles. The summed E-state index contributed by atoms with van der Waals surface area (Å²) in [5, 5.41) is 0. The zero-order valence-corrected chi connectivity index (χ0v) is 19.8. The molecule has 0 unspecified atom stereocenters. The maximum atomic E-state index is 14.1. The Morgan fingerprint density at radius 2 is 1.81 bits per heavy atom. The summed E-state index contributed by atoms with van der Waals surface area (Å²) in [6, 6.07) is 11.4. The third-order valence-corrected chi connectivity index (χ3v) is 6.17. The summed E-state index contributed by atoms with van der Waals surface area (Å²) in [5.41, 5.74) is 5.35. The van der Waals surface area contributed by atoms with Crippen LogP contribution < -0.4 is 0 Å². The molecule has 0 heterocycles. The zero-order chi connectivity index (χ0) is 23.5. The van der Waals surface area contributed by atoms with Crippen molar-refractivity contribution in [1.29, 1.82) is 0 Å². The van der Waals surface area contributed by atoms with Crippen LogP contribution in [0.4, 0.5) is 4.39 Å². The molecular formula is C25H28FNO4S. The van der Waals surface area contributed by atoms with Crippen LogP contribution in [-0.4, -0.2) is 40.0 Å². The maximum absolute atomic E-state index is 14.1. The monoisotopic (exact) mass is 457 g/mol. The summed E-state index contributed by atoms with van der Waals surface area (Å²) >= 11 is 0. The molecule has 170 valence electrons. The van der Waals surface area contributed by atoms with Crippen LogP contribution in [0.3, 0.4) is 0 Å². The van der Waals surface area contributed by atoms with Gasteiger partial charge in [0.2, 0.25) is 0 Å². The molecule has 2 aromatic rings. The van der Waals surface area contributed by atoms with E-state index in [1.54, 1.807) is 30.3 Å². The van der Waals surface area contributed by atoms with E-state index in [0.29, 0.717) is 6.61 Å². The van der Waals surface area contributed by atoms with Gasteiger partial charge < -0.3 is 9.47 Å². The molecule has 0 amide bonds. The van der Waals surface area contributed by atoms with Gasteiger partial charge in [-0.3, -0.25) is 0 Å². The van der Waals surface area contributed by atoms with E-state index in [1.165, 1.54) is 18.4 Å². The second-order valence-electron chi connectivity index (χ2n) is 7.87. The van der Waals surface area contributed by atoms with Crippen LogP contribution in [0.25, 0.3) is 17.2 Å². The highest BCUT2D eigenvalue weighted by Crippen LogP contribution is 2.42. The molecule has 5 nitrogen and oxygen atoms in total. The fourth-order valence-corrected chi connectivity index (χ4v) is 4.15. The number of sulfone groups is 1. The highest BCUT2D eigenvalue weighted by molar-refractivity contribution is 7.90. The summed E-state index contributed by atoms with van der Waals surface area (Å²) in [5.74, 6) is -0.319. The fraction of sp³-hybridized carbons (Fsp3) is 0.320. The second kappa shape index (κ2) is 9.69. The van der Waals surface area contributed by atoms with E-state index in [9.17, 15) is 12.8 Å². The molecule has 1 aliphatic carbocycles. The SMILES string of the molecule is CCO/C(=N/CC1=C(C)C(=Cc2ccc(S(C)(=O)=O)cc2)c2ccc(F)cc21)OC(C)C. The molecule has 0 radical (unpaired) electrons. The Bertz CT molecular complexity index is 1190. The normalized spacial score (nSPS) is 15.5. The van der Waals surface area contributed by atoms with Crippen molar-refractivity contribution in [2.24, 2.45) is 4.99 Å². The van der Waals surface area contributed by atoms with Gasteiger partial charge in [-0.25, -0.2) is 17.8 Å². The quantitative estimate of drug-likeness (QED) is 0.432. The number of benzene rings is 2. The highest BCUT2D eigenvalue weighted by atomic mass is 32.2. The van der Waals surface area contributed by atoms with E-state index < -0.39 is 9.84 Å². The molecule has 0 saturated heterocycles. The standard InChI is InChI=1S/C25H28FNO4S/c1-6-30-25(31-16(2)3)27-15-24-17(4)22(21-12-9-19(26)14-23(21)24)13-18-7-10-20(11-8-18)32(5,28)29/h7-14,16H,6,15H2,1-5H3/b22-13?,27-25-. The Hall–Kier alpha value is -2.93. The Balaban J connectivity index is 2.02. The average molecular weight is 458 g/mol. The second-order valence-corrected chi connectivity index (χ2v) is 9.89. The smallest absolute Gasteiger partial charge is 0.384 e. The molecule has 0 bridgehead atoms. The molecule has 1 aliphatic rings. The largest absolute Gasteiger partial charge is 0.451 e. The average Bonchev–Trinajstić information content (AvgIpc) is 2.96. The summed E-state index contributed by atoms with van der Waals surface area (Å²) < 4.78 is 48.7. The molecule has 0 aliphatic heterocycles. The fourth-order valence-electron chi connectivity index (χ4n) is 3.52. The molecule has 0 spiro atoms. The number of nitrogens with zero attached hydrogens (tertiary/aromatic N) is 1. The number of allylic oxidation sites excluding steroid dienone is 2. The molecular weight excluding hydrogens is 429 g/mol. The van der Waals surface area contributed by atoms with Crippen LogP contribution in [0.5, 0.6) is 0 Å². The van der Waals surface area contributed by atoms with Crippen molar-refractivity contribution in [3.05, 3.63) is 70.5 Å². The van der Waals surface area contributed by atoms with E-state index in [4.69, 9.17) is 9.47 Å². The Kier molecular flexibility index (Phi) is 7.19. The minimum absolute atomic E-state index is 0.0750. The number of fused-ring (bicyclic) bond motifs is 1. The minimum Gasteiger partial charge on any atom is -0.451 e. The van der Waals surface area contributed by atoms with Crippen molar-refractivity contribution in [2.45, 2.75) is 38.7 Å². The lowest BCUT2D eigenvalue weighted by Crippen LogP contribution is -2.16. The maximum Gasteiger partial charge on any atom is 0.384 e. The molecule has 32 heavy (non-hydrogen) atoms. The van der Waals surface area contributed by atoms with Crippen molar-refractivity contribution in [1.82, 2.24) is 0 Å². The minimum atomic E-state index is -3.26. The summed E-state index contributed by atoms with van der Waals surface area (Å²) in [7, 11) is -3.26. The first-order chi connectivity index (χ1) is 15.1. The topological polar surface area (TPSA) is 65.0 Å². The Morgan fingerprint density at radius 1 is 1.12 bits per heavy atom. The first-order valence-corrected chi connectivity index (χ1v) is 12.4. The number of hydrogen-bond acceptors (Lipinski definition) is 5. The van der Waals surface area contributed by atoms with Crippen molar-refractivity contribution in [3.8, 4) is 0 Å². The van der Waals surface area contributed by atoms with Gasteiger partial charge in [0.25, 0.3) is 0 Å². The van der Waals surface area contributed by atoms with Crippen LogP contribution in [0.1, 0.15) is 44.4 Å². The Morgan fingerprint density at radius 3 is 2.41 bits per heavy atom. The van der Waals surface area contributed by atoms with Gasteiger partial charge in [-0.2, -0.15) is 0 Å². The van der Waals surface area contributed by atoms with E-state index in [1.807, 2.05) is 33.8 Å². The number of aliphatic imine (C=N–C) groups is 1. The zero-order valence-electron chi connectivity index (χ0n) is 19.0. The van der Waals surface area contributed by atoms with Crippen LogP contribution in [0, 0.1) is 5.82 Å². The lowest BCUT2D eigenvalue weighted by molar-refractivity contribution is 0.133. The van der Waals surface area contributed by atoms with Crippen LogP contribution in [-0.2, 0) is 19.3 Å². The lowest BCUT2D eigenvalue weighted by atomic mass is 10.0. The van der Waals surface area contributed by atoms with Crippen LogP contribution in [0.15, 0.2) is 57.9 Å². The van der Waals surface area contributed by atoms with Gasteiger partial charge in [-0.15, -0.1) is 0 Å². The number of hydrogen-bond donors (Lipinski definition) is 0. The predicted molar refractivity (Wildman–Crippen MR) is 127 cm³/mol. The van der Waals surface area contributed by atoms with E-state index in [-0.39, 0.29) is 29.4 Å². The van der Waals surface area contributed by atoms with Gasteiger partial charge in [0.1, 0.15) is 5.82 Å². The third-order valence-electron chi connectivity index (χ3n) is 5.04. The lowest BCUT2D eigenvalue weighted by Gasteiger charge is -2.12. The van der Waals surface area contributed by atoms with Gasteiger partial charge >= 0.3 is 6.08 Å².